The van der Waals surface area contributed by atoms with E-state index in [1.54, 1.807) is 19.2 Å². The molecule has 0 aromatic heterocycles. The van der Waals surface area contributed by atoms with Crippen LogP contribution in [0.2, 0.25) is 5.02 Å². The SMILES string of the molecule is COc1ccc(NC(C)=O)cc1CNC(=O)CN1C[C@H]2CC[C@H](Cc3ccccc3Cl)[C@H]2C1. The Kier molecular flexibility index (Phi) is 7.56. The van der Waals surface area contributed by atoms with Crippen molar-refractivity contribution >= 4 is 29.1 Å². The van der Waals surface area contributed by atoms with E-state index in [9.17, 15) is 9.59 Å². The molecule has 6 nitrogen and oxygen atoms in total. The largest absolute Gasteiger partial charge is 0.496 e. The fraction of sp³-hybridized carbons (Fsp3) is 0.462. The number of carbonyl (C=O) groups is 2. The van der Waals surface area contributed by atoms with Crippen molar-refractivity contribution in [2.45, 2.75) is 32.7 Å². The lowest BCUT2D eigenvalue weighted by Gasteiger charge is -2.21. The first-order chi connectivity index (χ1) is 15.9. The summed E-state index contributed by atoms with van der Waals surface area (Å²) < 4.78 is 5.41. The van der Waals surface area contributed by atoms with E-state index in [-0.39, 0.29) is 11.8 Å². The second-order valence-electron chi connectivity index (χ2n) is 9.24. The van der Waals surface area contributed by atoms with Gasteiger partial charge in [-0.1, -0.05) is 29.8 Å². The maximum atomic E-state index is 12.7. The van der Waals surface area contributed by atoms with Gasteiger partial charge in [0.05, 0.1) is 13.7 Å². The maximum absolute atomic E-state index is 12.7. The fourth-order valence-corrected chi connectivity index (χ4v) is 5.66. The Hall–Kier alpha value is -2.57. The van der Waals surface area contributed by atoms with Gasteiger partial charge in [-0.2, -0.15) is 0 Å². The average molecular weight is 470 g/mol. The van der Waals surface area contributed by atoms with Gasteiger partial charge in [-0.25, -0.2) is 0 Å². The Labute approximate surface area is 200 Å². The Morgan fingerprint density at radius 1 is 1.12 bits per heavy atom. The van der Waals surface area contributed by atoms with Crippen molar-refractivity contribution in [1.82, 2.24) is 10.2 Å². The van der Waals surface area contributed by atoms with Crippen LogP contribution >= 0.6 is 11.6 Å². The van der Waals surface area contributed by atoms with E-state index in [2.05, 4.69) is 27.7 Å². The molecule has 1 aliphatic carbocycles. The lowest BCUT2D eigenvalue weighted by Crippen LogP contribution is -2.36. The molecule has 2 aromatic carbocycles. The van der Waals surface area contributed by atoms with Crippen molar-refractivity contribution in [2.24, 2.45) is 17.8 Å². The van der Waals surface area contributed by atoms with E-state index >= 15 is 0 Å². The van der Waals surface area contributed by atoms with Gasteiger partial charge in [-0.3, -0.25) is 14.5 Å². The summed E-state index contributed by atoms with van der Waals surface area (Å²) in [6.45, 7) is 4.17. The molecule has 0 bridgehead atoms. The zero-order chi connectivity index (χ0) is 23.4. The molecule has 1 aliphatic heterocycles. The first-order valence-corrected chi connectivity index (χ1v) is 12.0. The predicted octanol–water partition coefficient (Wildman–Crippen LogP) is 4.12. The molecular weight excluding hydrogens is 438 g/mol. The van der Waals surface area contributed by atoms with Crippen LogP contribution in [0.1, 0.15) is 30.9 Å². The summed E-state index contributed by atoms with van der Waals surface area (Å²) in [5, 5.41) is 6.64. The number of amides is 2. The summed E-state index contributed by atoms with van der Waals surface area (Å²) in [6.07, 6.45) is 3.49. The minimum Gasteiger partial charge on any atom is -0.496 e. The summed E-state index contributed by atoms with van der Waals surface area (Å²) in [7, 11) is 1.60. The lowest BCUT2D eigenvalue weighted by molar-refractivity contribution is -0.122. The fourth-order valence-electron chi connectivity index (χ4n) is 5.45. The maximum Gasteiger partial charge on any atom is 0.234 e. The third-order valence-corrected chi connectivity index (χ3v) is 7.33. The van der Waals surface area contributed by atoms with Crippen molar-refractivity contribution in [3.05, 3.63) is 58.6 Å². The van der Waals surface area contributed by atoms with Crippen LogP contribution in [-0.4, -0.2) is 43.5 Å². The quantitative estimate of drug-likeness (QED) is 0.610. The van der Waals surface area contributed by atoms with Gasteiger partial charge in [-0.15, -0.1) is 0 Å². The van der Waals surface area contributed by atoms with E-state index in [4.69, 9.17) is 16.3 Å². The Morgan fingerprint density at radius 2 is 1.94 bits per heavy atom. The Balaban J connectivity index is 1.30. The smallest absolute Gasteiger partial charge is 0.234 e. The molecule has 1 heterocycles. The average Bonchev–Trinajstić information content (AvgIpc) is 3.34. The number of hydrogen-bond donors (Lipinski definition) is 2. The molecule has 0 radical (unpaired) electrons. The second kappa shape index (κ2) is 10.6. The highest BCUT2D eigenvalue weighted by Crippen LogP contribution is 2.44. The van der Waals surface area contributed by atoms with Crippen LogP contribution in [0.3, 0.4) is 0 Å². The monoisotopic (exact) mass is 469 g/mol. The third-order valence-electron chi connectivity index (χ3n) is 6.96. The highest BCUT2D eigenvalue weighted by Gasteiger charge is 2.42. The van der Waals surface area contributed by atoms with Gasteiger partial charge in [0.2, 0.25) is 11.8 Å². The minimum atomic E-state index is -0.137. The molecule has 1 saturated heterocycles. The first kappa shape index (κ1) is 23.6. The second-order valence-corrected chi connectivity index (χ2v) is 9.64. The standard InChI is InChI=1S/C26H32ClN3O3/c1-17(31)29-22-9-10-25(33-2)21(12-22)13-28-26(32)16-30-14-20-8-7-18(23(20)15-30)11-19-5-3-4-6-24(19)27/h3-6,9-10,12,18,20,23H,7-8,11,13-16H2,1-2H3,(H,28,32)(H,29,31)/t18-,20-,23-/m1/s1. The van der Waals surface area contributed by atoms with E-state index in [1.807, 2.05) is 18.2 Å². The van der Waals surface area contributed by atoms with Gasteiger partial charge in [-0.05, 0) is 66.8 Å². The molecule has 7 heteroatoms. The van der Waals surface area contributed by atoms with Crippen LogP contribution in [-0.2, 0) is 22.6 Å². The lowest BCUT2D eigenvalue weighted by atomic mass is 9.87. The van der Waals surface area contributed by atoms with Crippen LogP contribution in [0.15, 0.2) is 42.5 Å². The van der Waals surface area contributed by atoms with E-state index in [0.717, 1.165) is 30.1 Å². The van der Waals surface area contributed by atoms with Crippen LogP contribution in [0.4, 0.5) is 5.69 Å². The zero-order valence-corrected chi connectivity index (χ0v) is 20.0. The van der Waals surface area contributed by atoms with Gasteiger partial charge in [0.15, 0.2) is 0 Å². The number of methoxy groups -OCH3 is 1. The molecule has 0 spiro atoms. The van der Waals surface area contributed by atoms with Gasteiger partial charge >= 0.3 is 0 Å². The number of nitrogens with one attached hydrogen (secondary N) is 2. The molecule has 2 aliphatic rings. The Morgan fingerprint density at radius 3 is 2.70 bits per heavy atom. The van der Waals surface area contributed by atoms with Gasteiger partial charge in [0.25, 0.3) is 0 Å². The Bertz CT molecular complexity index is 1010. The molecule has 33 heavy (non-hydrogen) atoms. The number of rotatable bonds is 8. The molecule has 1 saturated carbocycles. The molecule has 176 valence electrons. The van der Waals surface area contributed by atoms with Crippen LogP contribution in [0, 0.1) is 17.8 Å². The van der Waals surface area contributed by atoms with E-state index in [1.165, 1.54) is 25.3 Å². The first-order valence-electron chi connectivity index (χ1n) is 11.6. The number of likely N-dealkylation sites (tertiary alicyclic amines) is 1. The molecule has 4 rings (SSSR count). The summed E-state index contributed by atoms with van der Waals surface area (Å²) >= 11 is 6.39. The number of nitrogens with zero attached hydrogens (tertiary/aromatic N) is 1. The third kappa shape index (κ3) is 5.87. The summed E-state index contributed by atoms with van der Waals surface area (Å²) in [4.78, 5) is 26.3. The van der Waals surface area contributed by atoms with Crippen LogP contribution in [0.25, 0.3) is 0 Å². The van der Waals surface area contributed by atoms with Crippen molar-refractivity contribution in [1.29, 1.82) is 0 Å². The summed E-state index contributed by atoms with van der Waals surface area (Å²) in [5.74, 6) is 2.47. The molecular formula is C26H32ClN3O3. The number of fused-ring (bicyclic) bond motifs is 1. The minimum absolute atomic E-state index is 0.00427. The molecule has 3 atom stereocenters. The molecule has 2 aromatic rings. The number of benzene rings is 2. The topological polar surface area (TPSA) is 70.7 Å². The highest BCUT2D eigenvalue weighted by atomic mass is 35.5. The van der Waals surface area contributed by atoms with E-state index in [0.29, 0.717) is 42.3 Å². The summed E-state index contributed by atoms with van der Waals surface area (Å²) in [6, 6.07) is 13.5. The van der Waals surface area contributed by atoms with Crippen molar-refractivity contribution in [3.63, 3.8) is 0 Å². The number of anilines is 1. The van der Waals surface area contributed by atoms with Gasteiger partial charge in [0, 0.05) is 42.8 Å². The number of hydrogen-bond acceptors (Lipinski definition) is 4. The predicted molar refractivity (Wildman–Crippen MR) is 130 cm³/mol. The van der Waals surface area contributed by atoms with Crippen molar-refractivity contribution in [3.8, 4) is 5.75 Å². The highest BCUT2D eigenvalue weighted by molar-refractivity contribution is 6.31. The van der Waals surface area contributed by atoms with Crippen LogP contribution < -0.4 is 15.4 Å². The van der Waals surface area contributed by atoms with Gasteiger partial charge < -0.3 is 15.4 Å². The zero-order valence-electron chi connectivity index (χ0n) is 19.3. The number of ether oxygens (including phenoxy) is 1. The number of carbonyl (C=O) groups excluding carboxylic acids is 2. The normalized spacial score (nSPS) is 22.1. The molecule has 2 amide bonds. The number of halogens is 1. The van der Waals surface area contributed by atoms with Crippen molar-refractivity contribution < 1.29 is 14.3 Å². The summed E-state index contributed by atoms with van der Waals surface area (Å²) in [5.41, 5.74) is 2.75. The molecule has 2 N–H and O–H groups in total. The van der Waals surface area contributed by atoms with E-state index < -0.39 is 0 Å². The molecule has 0 unspecified atom stereocenters. The van der Waals surface area contributed by atoms with Gasteiger partial charge in [0.1, 0.15) is 5.75 Å². The van der Waals surface area contributed by atoms with Crippen molar-refractivity contribution in [2.75, 3.05) is 32.1 Å². The van der Waals surface area contributed by atoms with Crippen LogP contribution in [0.5, 0.6) is 5.75 Å². The molecule has 2 fully saturated rings.